The maximum atomic E-state index is 5.64. The Balaban J connectivity index is 1.86. The summed E-state index contributed by atoms with van der Waals surface area (Å²) in [4.78, 5) is 8.65. The summed E-state index contributed by atoms with van der Waals surface area (Å²) in [6.07, 6.45) is 7.99. The van der Waals surface area contributed by atoms with Crippen molar-refractivity contribution in [1.82, 2.24) is 19.9 Å². The van der Waals surface area contributed by atoms with E-state index in [1.165, 1.54) is 18.5 Å². The molecule has 0 bridgehead atoms. The van der Waals surface area contributed by atoms with E-state index in [-0.39, 0.29) is 6.04 Å². The monoisotopic (exact) mass is 260 g/mol. The van der Waals surface area contributed by atoms with Crippen molar-refractivity contribution in [2.24, 2.45) is 0 Å². The van der Waals surface area contributed by atoms with Gasteiger partial charge in [-0.25, -0.2) is 9.97 Å². The standard InChI is InChI=1S/C14H20N4O/c1-10-7-17-14(19-10)11(2)18-9-16-8-13(18)12-3-5-15-6-4-12/h7-9,11-12,15H,3-6H2,1-2H3. The predicted octanol–water partition coefficient (Wildman–Crippen LogP) is 2.26. The maximum absolute atomic E-state index is 5.64. The largest absolute Gasteiger partial charge is 0.444 e. The van der Waals surface area contributed by atoms with Crippen molar-refractivity contribution in [2.45, 2.75) is 38.6 Å². The smallest absolute Gasteiger partial charge is 0.217 e. The van der Waals surface area contributed by atoms with Gasteiger partial charge in [-0.2, -0.15) is 0 Å². The summed E-state index contributed by atoms with van der Waals surface area (Å²) in [6, 6.07) is 0.0982. The first-order valence-electron chi connectivity index (χ1n) is 6.90. The van der Waals surface area contributed by atoms with E-state index in [9.17, 15) is 0 Å². The van der Waals surface area contributed by atoms with Gasteiger partial charge in [0, 0.05) is 17.8 Å². The van der Waals surface area contributed by atoms with Gasteiger partial charge in [-0.1, -0.05) is 0 Å². The number of nitrogens with zero attached hydrogens (tertiary/aromatic N) is 3. The number of hydrogen-bond acceptors (Lipinski definition) is 4. The predicted molar refractivity (Wildman–Crippen MR) is 72.1 cm³/mol. The Morgan fingerprint density at radius 3 is 2.84 bits per heavy atom. The third-order valence-electron chi connectivity index (χ3n) is 3.87. The molecule has 1 N–H and O–H groups in total. The van der Waals surface area contributed by atoms with Crippen LogP contribution in [0.15, 0.2) is 23.1 Å². The second-order valence-corrected chi connectivity index (χ2v) is 5.24. The van der Waals surface area contributed by atoms with Crippen LogP contribution in [0.3, 0.4) is 0 Å². The van der Waals surface area contributed by atoms with Crippen molar-refractivity contribution in [3.05, 3.63) is 36.1 Å². The third kappa shape index (κ3) is 2.42. The van der Waals surface area contributed by atoms with Crippen molar-refractivity contribution in [3.63, 3.8) is 0 Å². The lowest BCUT2D eigenvalue weighted by Gasteiger charge is -2.25. The number of rotatable bonds is 3. The zero-order valence-electron chi connectivity index (χ0n) is 11.5. The molecule has 0 saturated carbocycles. The fourth-order valence-electron chi connectivity index (χ4n) is 2.76. The summed E-state index contributed by atoms with van der Waals surface area (Å²) in [6.45, 7) is 6.20. The van der Waals surface area contributed by atoms with Gasteiger partial charge >= 0.3 is 0 Å². The highest BCUT2D eigenvalue weighted by molar-refractivity contribution is 5.11. The summed E-state index contributed by atoms with van der Waals surface area (Å²) in [5.41, 5.74) is 1.30. The number of oxazole rings is 1. The van der Waals surface area contributed by atoms with Gasteiger partial charge < -0.3 is 14.3 Å². The van der Waals surface area contributed by atoms with Gasteiger partial charge in [0.2, 0.25) is 5.89 Å². The van der Waals surface area contributed by atoms with E-state index in [4.69, 9.17) is 4.42 Å². The normalized spacial score (nSPS) is 18.6. The second-order valence-electron chi connectivity index (χ2n) is 5.24. The molecule has 19 heavy (non-hydrogen) atoms. The topological polar surface area (TPSA) is 55.9 Å². The van der Waals surface area contributed by atoms with Gasteiger partial charge in [-0.3, -0.25) is 0 Å². The van der Waals surface area contributed by atoms with Gasteiger partial charge in [0.15, 0.2) is 0 Å². The molecule has 0 amide bonds. The second kappa shape index (κ2) is 5.17. The average Bonchev–Trinajstić information content (AvgIpc) is 3.07. The SMILES string of the molecule is Cc1cnc(C(C)n2cncc2C2CCNCC2)o1. The molecule has 3 rings (SSSR count). The minimum Gasteiger partial charge on any atom is -0.444 e. The molecule has 1 aliphatic heterocycles. The van der Waals surface area contributed by atoms with Crippen LogP contribution in [-0.4, -0.2) is 27.6 Å². The zero-order chi connectivity index (χ0) is 13.2. The summed E-state index contributed by atoms with van der Waals surface area (Å²) in [5.74, 6) is 2.19. The Bertz CT molecular complexity index is 539. The Kier molecular flexibility index (Phi) is 3.38. The highest BCUT2D eigenvalue weighted by atomic mass is 16.4. The summed E-state index contributed by atoms with van der Waals surface area (Å²) >= 11 is 0. The Hall–Kier alpha value is -1.62. The van der Waals surface area contributed by atoms with Crippen LogP contribution in [0.1, 0.15) is 49.1 Å². The van der Waals surface area contributed by atoms with E-state index in [2.05, 4.69) is 26.8 Å². The van der Waals surface area contributed by atoms with Gasteiger partial charge in [0.05, 0.1) is 12.5 Å². The fourth-order valence-corrected chi connectivity index (χ4v) is 2.76. The lowest BCUT2D eigenvalue weighted by molar-refractivity contribution is 0.390. The lowest BCUT2D eigenvalue weighted by Crippen LogP contribution is -2.28. The maximum Gasteiger partial charge on any atom is 0.217 e. The molecule has 0 aromatic carbocycles. The number of hydrogen-bond donors (Lipinski definition) is 1. The molecule has 1 unspecified atom stereocenters. The minimum absolute atomic E-state index is 0.0982. The van der Waals surface area contributed by atoms with E-state index >= 15 is 0 Å². The van der Waals surface area contributed by atoms with Gasteiger partial charge in [0.1, 0.15) is 11.8 Å². The molecule has 5 heteroatoms. The first kappa shape index (κ1) is 12.4. The Labute approximate surface area is 113 Å². The number of nitrogens with one attached hydrogen (secondary N) is 1. The van der Waals surface area contributed by atoms with Crippen LogP contribution < -0.4 is 5.32 Å². The van der Waals surface area contributed by atoms with Gasteiger partial charge in [0.25, 0.3) is 0 Å². The van der Waals surface area contributed by atoms with Crippen LogP contribution in [0, 0.1) is 6.92 Å². The first-order chi connectivity index (χ1) is 9.25. The molecule has 1 atom stereocenters. The Morgan fingerprint density at radius 1 is 1.37 bits per heavy atom. The van der Waals surface area contributed by atoms with Crippen LogP contribution in [0.5, 0.6) is 0 Å². The summed E-state index contributed by atoms with van der Waals surface area (Å²) < 4.78 is 7.84. The zero-order valence-corrected chi connectivity index (χ0v) is 11.5. The molecular formula is C14H20N4O. The molecule has 2 aromatic heterocycles. The van der Waals surface area contributed by atoms with E-state index in [1.807, 2.05) is 19.4 Å². The molecule has 102 valence electrons. The van der Waals surface area contributed by atoms with E-state index in [0.717, 1.165) is 24.7 Å². The quantitative estimate of drug-likeness (QED) is 0.919. The van der Waals surface area contributed by atoms with E-state index in [0.29, 0.717) is 5.92 Å². The van der Waals surface area contributed by atoms with Gasteiger partial charge in [-0.05, 0) is 39.8 Å². The van der Waals surface area contributed by atoms with E-state index in [1.54, 1.807) is 6.20 Å². The third-order valence-corrected chi connectivity index (χ3v) is 3.87. The van der Waals surface area contributed by atoms with Crippen LogP contribution in [0.25, 0.3) is 0 Å². The van der Waals surface area contributed by atoms with Crippen molar-refractivity contribution in [2.75, 3.05) is 13.1 Å². The van der Waals surface area contributed by atoms with Crippen molar-refractivity contribution in [3.8, 4) is 0 Å². The molecular weight excluding hydrogens is 240 g/mol. The molecule has 1 fully saturated rings. The van der Waals surface area contributed by atoms with E-state index < -0.39 is 0 Å². The van der Waals surface area contributed by atoms with Crippen LogP contribution in [0.2, 0.25) is 0 Å². The average molecular weight is 260 g/mol. The Morgan fingerprint density at radius 2 is 2.16 bits per heavy atom. The molecule has 0 aliphatic carbocycles. The molecule has 0 spiro atoms. The van der Waals surface area contributed by atoms with Crippen molar-refractivity contribution >= 4 is 0 Å². The highest BCUT2D eigenvalue weighted by Gasteiger charge is 2.23. The number of piperidine rings is 1. The molecule has 3 heterocycles. The summed E-state index contributed by atoms with van der Waals surface area (Å²) in [5, 5.41) is 3.40. The summed E-state index contributed by atoms with van der Waals surface area (Å²) in [7, 11) is 0. The van der Waals surface area contributed by atoms with Crippen LogP contribution in [0.4, 0.5) is 0 Å². The molecule has 1 aliphatic rings. The number of imidazole rings is 1. The number of aryl methyl sites for hydroxylation is 1. The van der Waals surface area contributed by atoms with Crippen LogP contribution in [-0.2, 0) is 0 Å². The number of aromatic nitrogens is 3. The minimum atomic E-state index is 0.0982. The van der Waals surface area contributed by atoms with Crippen molar-refractivity contribution in [1.29, 1.82) is 0 Å². The van der Waals surface area contributed by atoms with Gasteiger partial charge in [-0.15, -0.1) is 0 Å². The van der Waals surface area contributed by atoms with Crippen molar-refractivity contribution < 1.29 is 4.42 Å². The molecule has 2 aromatic rings. The lowest BCUT2D eigenvalue weighted by atomic mass is 9.94. The fraction of sp³-hybridized carbons (Fsp3) is 0.571. The molecule has 0 radical (unpaired) electrons. The highest BCUT2D eigenvalue weighted by Crippen LogP contribution is 2.28. The van der Waals surface area contributed by atoms with Crippen LogP contribution >= 0.6 is 0 Å². The molecule has 5 nitrogen and oxygen atoms in total. The first-order valence-corrected chi connectivity index (χ1v) is 6.90. The molecule has 1 saturated heterocycles.